The molecule has 120 valence electrons. The zero-order valence-electron chi connectivity index (χ0n) is 13.0. The quantitative estimate of drug-likeness (QED) is 0.417. The zero-order chi connectivity index (χ0) is 14.6. The van der Waals surface area contributed by atoms with Crippen molar-refractivity contribution in [2.45, 2.75) is 25.3 Å². The predicted octanol–water partition coefficient (Wildman–Crippen LogP) is 0.802. The molecule has 1 N–H and O–H groups in total. The zero-order valence-corrected chi connectivity index (χ0v) is 16.1. The van der Waals surface area contributed by atoms with Crippen molar-refractivity contribution < 1.29 is 8.42 Å². The van der Waals surface area contributed by atoms with Gasteiger partial charge in [-0.1, -0.05) is 6.42 Å². The lowest BCUT2D eigenvalue weighted by molar-refractivity contribution is 0.437. The number of hydrogen-bond donors (Lipinski definition) is 1. The van der Waals surface area contributed by atoms with Gasteiger partial charge in [-0.25, -0.2) is 13.1 Å². The molecular formula is C12H27IN4O2S. The van der Waals surface area contributed by atoms with Gasteiger partial charge in [-0.05, 0) is 18.8 Å². The molecule has 1 rings (SSSR count). The van der Waals surface area contributed by atoms with Crippen molar-refractivity contribution in [3.8, 4) is 0 Å². The van der Waals surface area contributed by atoms with E-state index >= 15 is 0 Å². The Morgan fingerprint density at radius 3 is 2.20 bits per heavy atom. The van der Waals surface area contributed by atoms with Gasteiger partial charge in [0, 0.05) is 40.8 Å². The Bertz CT molecular complexity index is 413. The van der Waals surface area contributed by atoms with Crippen LogP contribution in [0, 0.1) is 5.92 Å². The van der Waals surface area contributed by atoms with E-state index in [1.54, 1.807) is 0 Å². The summed E-state index contributed by atoms with van der Waals surface area (Å²) in [5.74, 6) is 1.20. The van der Waals surface area contributed by atoms with Crippen LogP contribution in [0.15, 0.2) is 4.99 Å². The molecule has 0 heterocycles. The summed E-state index contributed by atoms with van der Waals surface area (Å²) < 4.78 is 25.4. The summed E-state index contributed by atoms with van der Waals surface area (Å²) in [7, 11) is 4.70. The van der Waals surface area contributed by atoms with E-state index in [-0.39, 0.29) is 30.0 Å². The largest absolute Gasteiger partial charge is 0.349 e. The minimum atomic E-state index is -3.13. The van der Waals surface area contributed by atoms with Gasteiger partial charge in [-0.3, -0.25) is 4.99 Å². The number of halogens is 1. The number of nitrogens with one attached hydrogen (secondary N) is 1. The highest BCUT2D eigenvalue weighted by molar-refractivity contribution is 14.0. The second kappa shape index (κ2) is 8.38. The minimum Gasteiger partial charge on any atom is -0.349 e. The first-order valence-electron chi connectivity index (χ1n) is 6.57. The number of guanidine groups is 1. The first-order chi connectivity index (χ1) is 8.70. The number of hydrogen-bond acceptors (Lipinski definition) is 3. The number of aliphatic imine (C=N–C) groups is 1. The third-order valence-corrected chi connectivity index (χ3v) is 4.02. The third-order valence-electron chi connectivity index (χ3n) is 3.29. The van der Waals surface area contributed by atoms with E-state index in [0.717, 1.165) is 25.2 Å². The monoisotopic (exact) mass is 418 g/mol. The molecule has 0 aromatic carbocycles. The molecule has 0 aromatic rings. The van der Waals surface area contributed by atoms with Gasteiger partial charge in [0.05, 0.1) is 6.26 Å². The predicted molar refractivity (Wildman–Crippen MR) is 94.2 cm³/mol. The molecule has 0 aliphatic heterocycles. The maximum absolute atomic E-state index is 11.3. The van der Waals surface area contributed by atoms with Crippen LogP contribution in [0.5, 0.6) is 0 Å². The van der Waals surface area contributed by atoms with Gasteiger partial charge in [0.1, 0.15) is 0 Å². The second-order valence-corrected chi connectivity index (χ2v) is 7.40. The fourth-order valence-corrected chi connectivity index (χ4v) is 3.43. The molecule has 2 unspecified atom stereocenters. The molecule has 1 saturated carbocycles. The molecule has 0 amide bonds. The van der Waals surface area contributed by atoms with E-state index in [9.17, 15) is 8.42 Å². The first kappa shape index (κ1) is 19.9. The van der Waals surface area contributed by atoms with Gasteiger partial charge in [0.2, 0.25) is 10.0 Å². The summed E-state index contributed by atoms with van der Waals surface area (Å²) in [6, 6.07) is 0.0318. The molecule has 1 aliphatic carbocycles. The van der Waals surface area contributed by atoms with Gasteiger partial charge in [0.15, 0.2) is 5.96 Å². The first-order valence-corrected chi connectivity index (χ1v) is 8.46. The van der Waals surface area contributed by atoms with Crippen molar-refractivity contribution in [2.75, 3.05) is 41.0 Å². The van der Waals surface area contributed by atoms with Crippen LogP contribution < -0.4 is 4.72 Å². The topological polar surface area (TPSA) is 65.0 Å². The highest BCUT2D eigenvalue weighted by Crippen LogP contribution is 2.26. The lowest BCUT2D eigenvalue weighted by Gasteiger charge is -2.24. The summed E-state index contributed by atoms with van der Waals surface area (Å²) >= 11 is 0. The summed E-state index contributed by atoms with van der Waals surface area (Å²) in [6.45, 7) is 0.666. The molecule has 0 radical (unpaired) electrons. The average molecular weight is 418 g/mol. The molecule has 0 aromatic heterocycles. The Balaban J connectivity index is 0.00000361. The maximum Gasteiger partial charge on any atom is 0.208 e. The summed E-state index contributed by atoms with van der Waals surface area (Å²) in [5, 5.41) is 0. The molecule has 0 spiro atoms. The van der Waals surface area contributed by atoms with E-state index in [1.807, 2.05) is 38.0 Å². The smallest absolute Gasteiger partial charge is 0.208 e. The van der Waals surface area contributed by atoms with Crippen LogP contribution in [-0.2, 0) is 10.0 Å². The molecule has 20 heavy (non-hydrogen) atoms. The van der Waals surface area contributed by atoms with Crippen LogP contribution in [0.25, 0.3) is 0 Å². The van der Waals surface area contributed by atoms with Crippen molar-refractivity contribution in [3.63, 3.8) is 0 Å². The van der Waals surface area contributed by atoms with Crippen LogP contribution in [0.1, 0.15) is 19.3 Å². The molecule has 0 bridgehead atoms. The van der Waals surface area contributed by atoms with Crippen molar-refractivity contribution in [1.29, 1.82) is 0 Å². The van der Waals surface area contributed by atoms with Crippen molar-refractivity contribution in [1.82, 2.24) is 14.5 Å². The molecule has 2 atom stereocenters. The standard InChI is InChI=1S/C12H26N4O2S.HI/c1-15(2)12(16(3)4)13-9-10-7-6-8-11(10)14-19(5,17)18;/h10-11,14H,6-9H2,1-5H3;1H. The minimum absolute atomic E-state index is 0. The van der Waals surface area contributed by atoms with E-state index < -0.39 is 10.0 Å². The highest BCUT2D eigenvalue weighted by Gasteiger charge is 2.29. The van der Waals surface area contributed by atoms with Crippen LogP contribution in [0.3, 0.4) is 0 Å². The fraction of sp³-hybridized carbons (Fsp3) is 0.917. The average Bonchev–Trinajstić information content (AvgIpc) is 2.62. The van der Waals surface area contributed by atoms with E-state index in [2.05, 4.69) is 9.71 Å². The molecule has 1 aliphatic rings. The fourth-order valence-electron chi connectivity index (χ4n) is 2.57. The molecule has 8 heteroatoms. The van der Waals surface area contributed by atoms with E-state index in [1.165, 1.54) is 6.26 Å². The number of nitrogens with zero attached hydrogens (tertiary/aromatic N) is 3. The Morgan fingerprint density at radius 2 is 1.75 bits per heavy atom. The summed E-state index contributed by atoms with van der Waals surface area (Å²) in [5.41, 5.74) is 0. The Labute approximate surface area is 140 Å². The van der Waals surface area contributed by atoms with Gasteiger partial charge >= 0.3 is 0 Å². The number of rotatable bonds is 4. The molecule has 0 saturated heterocycles. The maximum atomic E-state index is 11.3. The van der Waals surface area contributed by atoms with E-state index in [0.29, 0.717) is 12.5 Å². The van der Waals surface area contributed by atoms with Gasteiger partial charge in [-0.2, -0.15) is 0 Å². The Kier molecular flexibility index (Phi) is 8.34. The van der Waals surface area contributed by atoms with Crippen LogP contribution >= 0.6 is 24.0 Å². The van der Waals surface area contributed by atoms with Crippen molar-refractivity contribution in [2.24, 2.45) is 10.9 Å². The van der Waals surface area contributed by atoms with Crippen LogP contribution in [0.4, 0.5) is 0 Å². The molecule has 6 nitrogen and oxygen atoms in total. The molecule has 1 fully saturated rings. The SMILES string of the molecule is CN(C)C(=NCC1CCCC1NS(C)(=O)=O)N(C)C.I. The van der Waals surface area contributed by atoms with Crippen LogP contribution in [-0.4, -0.2) is 71.2 Å². The van der Waals surface area contributed by atoms with Crippen LogP contribution in [0.2, 0.25) is 0 Å². The normalized spacial score (nSPS) is 22.1. The summed E-state index contributed by atoms with van der Waals surface area (Å²) in [6.07, 6.45) is 4.22. The Morgan fingerprint density at radius 1 is 1.20 bits per heavy atom. The third kappa shape index (κ3) is 6.57. The van der Waals surface area contributed by atoms with Crippen molar-refractivity contribution in [3.05, 3.63) is 0 Å². The van der Waals surface area contributed by atoms with Gasteiger partial charge in [-0.15, -0.1) is 24.0 Å². The lowest BCUT2D eigenvalue weighted by Crippen LogP contribution is -2.39. The van der Waals surface area contributed by atoms with Gasteiger partial charge in [0.25, 0.3) is 0 Å². The van der Waals surface area contributed by atoms with E-state index in [4.69, 9.17) is 0 Å². The Hall–Kier alpha value is -0.0900. The van der Waals surface area contributed by atoms with Crippen molar-refractivity contribution >= 4 is 40.0 Å². The van der Waals surface area contributed by atoms with Gasteiger partial charge < -0.3 is 9.80 Å². The summed E-state index contributed by atoms with van der Waals surface area (Å²) in [4.78, 5) is 8.55. The number of sulfonamides is 1. The lowest BCUT2D eigenvalue weighted by atomic mass is 10.1. The molecular weight excluding hydrogens is 391 g/mol. The highest BCUT2D eigenvalue weighted by atomic mass is 127. The second-order valence-electron chi connectivity index (χ2n) is 5.62.